The van der Waals surface area contributed by atoms with E-state index in [9.17, 15) is 17.6 Å². The molecule has 2 N–H and O–H groups in total. The van der Waals surface area contributed by atoms with Crippen LogP contribution in [0.25, 0.3) is 0 Å². The van der Waals surface area contributed by atoms with Gasteiger partial charge in [0.15, 0.2) is 5.82 Å². The van der Waals surface area contributed by atoms with Gasteiger partial charge in [0.25, 0.3) is 0 Å². The molecule has 1 aromatic carbocycles. The molecular weight excluding hydrogens is 336 g/mol. The van der Waals surface area contributed by atoms with Crippen LogP contribution in [0.3, 0.4) is 0 Å². The molecule has 0 aliphatic carbocycles. The zero-order valence-corrected chi connectivity index (χ0v) is 12.4. The summed E-state index contributed by atoms with van der Waals surface area (Å²) >= 11 is 11.0. The van der Waals surface area contributed by atoms with Gasteiger partial charge < -0.3 is 9.84 Å². The first-order chi connectivity index (χ1) is 9.24. The maximum atomic E-state index is 13.5. The van der Waals surface area contributed by atoms with Crippen LogP contribution < -0.4 is 4.72 Å². The van der Waals surface area contributed by atoms with E-state index in [1.165, 1.54) is 0 Å². The fourth-order valence-electron chi connectivity index (χ4n) is 1.27. The van der Waals surface area contributed by atoms with Crippen LogP contribution in [0.15, 0.2) is 17.0 Å². The highest BCUT2D eigenvalue weighted by molar-refractivity contribution is 7.89. The maximum Gasteiger partial charge on any atom is 0.326 e. The zero-order valence-electron chi connectivity index (χ0n) is 10.1. The number of carbonyl (C=O) groups is 1. The minimum Gasteiger partial charge on any atom is -0.468 e. The number of rotatable bonds is 5. The minimum absolute atomic E-state index is 0.347. The molecule has 0 aliphatic rings. The van der Waals surface area contributed by atoms with E-state index in [0.29, 0.717) is 0 Å². The lowest BCUT2D eigenvalue weighted by Crippen LogP contribution is -2.44. The largest absolute Gasteiger partial charge is 0.468 e. The average molecular weight is 346 g/mol. The molecule has 1 rings (SSSR count). The number of methoxy groups -OCH3 is 1. The van der Waals surface area contributed by atoms with Crippen LogP contribution in [0, 0.1) is 5.82 Å². The Morgan fingerprint density at radius 1 is 1.50 bits per heavy atom. The number of aliphatic hydroxyl groups excluding tert-OH is 1. The number of benzene rings is 1. The molecule has 0 fully saturated rings. The number of sulfonamides is 1. The van der Waals surface area contributed by atoms with E-state index in [1.54, 1.807) is 0 Å². The monoisotopic (exact) mass is 345 g/mol. The molecule has 0 radical (unpaired) electrons. The Labute approximate surface area is 124 Å². The molecule has 0 heterocycles. The van der Waals surface area contributed by atoms with Crippen molar-refractivity contribution in [1.82, 2.24) is 4.72 Å². The van der Waals surface area contributed by atoms with Crippen molar-refractivity contribution in [3.63, 3.8) is 0 Å². The van der Waals surface area contributed by atoms with Crippen LogP contribution in [0.1, 0.15) is 0 Å². The lowest BCUT2D eigenvalue weighted by atomic mass is 10.3. The molecule has 0 saturated carbocycles. The van der Waals surface area contributed by atoms with Crippen molar-refractivity contribution in [3.8, 4) is 0 Å². The molecule has 0 saturated heterocycles. The number of hydrogen-bond acceptors (Lipinski definition) is 5. The Balaban J connectivity index is 3.18. The number of carbonyl (C=O) groups excluding carboxylic acids is 1. The van der Waals surface area contributed by atoms with Gasteiger partial charge in [0.05, 0.1) is 23.8 Å². The number of ether oxygens (including phenoxy) is 1. The number of aliphatic hydroxyl groups is 1. The number of halogens is 3. The van der Waals surface area contributed by atoms with E-state index in [-0.39, 0.29) is 5.02 Å². The fourth-order valence-corrected chi connectivity index (χ4v) is 3.19. The molecule has 0 bridgehead atoms. The summed E-state index contributed by atoms with van der Waals surface area (Å²) in [5.74, 6) is -2.10. The minimum atomic E-state index is -4.34. The molecule has 0 spiro atoms. The maximum absolute atomic E-state index is 13.5. The van der Waals surface area contributed by atoms with Crippen molar-refractivity contribution >= 4 is 39.2 Å². The van der Waals surface area contributed by atoms with Crippen molar-refractivity contribution in [1.29, 1.82) is 0 Å². The van der Waals surface area contributed by atoms with Crippen molar-refractivity contribution in [2.24, 2.45) is 0 Å². The lowest BCUT2D eigenvalue weighted by molar-refractivity contribution is -0.143. The second-order valence-electron chi connectivity index (χ2n) is 3.55. The van der Waals surface area contributed by atoms with Crippen LogP contribution in [0.2, 0.25) is 10.0 Å². The van der Waals surface area contributed by atoms with E-state index in [1.807, 2.05) is 4.72 Å². The van der Waals surface area contributed by atoms with Gasteiger partial charge in [0.2, 0.25) is 10.0 Å². The summed E-state index contributed by atoms with van der Waals surface area (Å²) in [5.41, 5.74) is 0. The van der Waals surface area contributed by atoms with Crippen LogP contribution in [0.4, 0.5) is 4.39 Å². The highest BCUT2D eigenvalue weighted by atomic mass is 35.5. The summed E-state index contributed by atoms with van der Waals surface area (Å²) in [5, 5.41) is 7.89. The predicted octanol–water partition coefficient (Wildman–Crippen LogP) is 0.945. The molecule has 1 atom stereocenters. The average Bonchev–Trinajstić information content (AvgIpc) is 2.41. The summed E-state index contributed by atoms with van der Waals surface area (Å²) in [4.78, 5) is 10.6. The third-order valence-electron chi connectivity index (χ3n) is 2.25. The van der Waals surface area contributed by atoms with Crippen LogP contribution >= 0.6 is 23.2 Å². The second kappa shape index (κ2) is 6.68. The van der Waals surface area contributed by atoms with Gasteiger partial charge in [-0.25, -0.2) is 12.8 Å². The first kappa shape index (κ1) is 17.1. The highest BCUT2D eigenvalue weighted by Crippen LogP contribution is 2.29. The highest BCUT2D eigenvalue weighted by Gasteiger charge is 2.28. The molecule has 0 aromatic heterocycles. The van der Waals surface area contributed by atoms with Gasteiger partial charge in [-0.2, -0.15) is 4.72 Å². The first-order valence-electron chi connectivity index (χ1n) is 5.09. The number of hydrogen-bond donors (Lipinski definition) is 2. The molecule has 1 unspecified atom stereocenters. The lowest BCUT2D eigenvalue weighted by Gasteiger charge is -2.15. The Morgan fingerprint density at radius 2 is 2.10 bits per heavy atom. The van der Waals surface area contributed by atoms with E-state index in [2.05, 4.69) is 4.74 Å². The topological polar surface area (TPSA) is 92.7 Å². The van der Waals surface area contributed by atoms with Gasteiger partial charge in [-0.1, -0.05) is 23.2 Å². The molecule has 10 heteroatoms. The molecule has 112 valence electrons. The van der Waals surface area contributed by atoms with Gasteiger partial charge in [0, 0.05) is 0 Å². The Kier molecular flexibility index (Phi) is 5.72. The van der Waals surface area contributed by atoms with Gasteiger partial charge in [-0.05, 0) is 12.1 Å². The Morgan fingerprint density at radius 3 is 2.60 bits per heavy atom. The van der Waals surface area contributed by atoms with Crippen molar-refractivity contribution < 1.29 is 27.4 Å². The summed E-state index contributed by atoms with van der Waals surface area (Å²) in [7, 11) is -3.32. The quantitative estimate of drug-likeness (QED) is 0.612. The van der Waals surface area contributed by atoms with Crippen LogP contribution in [-0.2, 0) is 19.6 Å². The first-order valence-corrected chi connectivity index (χ1v) is 7.33. The predicted molar refractivity (Wildman–Crippen MR) is 69.6 cm³/mol. The third kappa shape index (κ3) is 3.58. The fraction of sp³-hybridized carbons (Fsp3) is 0.300. The molecule has 1 aromatic rings. The van der Waals surface area contributed by atoms with E-state index in [4.69, 9.17) is 28.3 Å². The van der Waals surface area contributed by atoms with E-state index < -0.39 is 44.4 Å². The summed E-state index contributed by atoms with van der Waals surface area (Å²) in [6.45, 7) is -0.834. The molecule has 20 heavy (non-hydrogen) atoms. The summed E-state index contributed by atoms with van der Waals surface area (Å²) in [6.07, 6.45) is 0. The molecular formula is C10H10Cl2FNO5S. The Hall–Kier alpha value is -0.930. The SMILES string of the molecule is COC(=O)C(CO)NS(=O)(=O)c1ccc(Cl)c(F)c1Cl. The second-order valence-corrected chi connectivity index (χ2v) is 6.02. The van der Waals surface area contributed by atoms with Gasteiger partial charge in [0.1, 0.15) is 10.9 Å². The molecule has 6 nitrogen and oxygen atoms in total. The normalized spacial score (nSPS) is 13.1. The third-order valence-corrected chi connectivity index (χ3v) is 4.54. The van der Waals surface area contributed by atoms with E-state index in [0.717, 1.165) is 19.2 Å². The molecule has 0 amide bonds. The van der Waals surface area contributed by atoms with Crippen molar-refractivity contribution in [3.05, 3.63) is 28.0 Å². The number of nitrogens with one attached hydrogen (secondary N) is 1. The zero-order chi connectivity index (χ0) is 15.5. The number of esters is 1. The summed E-state index contributed by atoms with van der Waals surface area (Å²) < 4.78 is 43.6. The van der Waals surface area contributed by atoms with Gasteiger partial charge >= 0.3 is 5.97 Å². The van der Waals surface area contributed by atoms with Crippen molar-refractivity contribution in [2.75, 3.05) is 13.7 Å². The molecule has 0 aliphatic heterocycles. The van der Waals surface area contributed by atoms with Gasteiger partial charge in [-0.15, -0.1) is 0 Å². The van der Waals surface area contributed by atoms with E-state index >= 15 is 0 Å². The van der Waals surface area contributed by atoms with Crippen LogP contribution in [0.5, 0.6) is 0 Å². The standard InChI is InChI=1S/C10H10Cl2FNO5S/c1-19-10(16)6(4-15)14-20(17,18)7-3-2-5(11)9(13)8(7)12/h2-3,6,14-15H,4H2,1H3. The summed E-state index contributed by atoms with van der Waals surface area (Å²) in [6, 6.07) is 0.449. The van der Waals surface area contributed by atoms with Crippen molar-refractivity contribution in [2.45, 2.75) is 10.9 Å². The Bertz CT molecular complexity index is 622. The van der Waals surface area contributed by atoms with Crippen LogP contribution in [-0.4, -0.2) is 39.3 Å². The van der Waals surface area contributed by atoms with Gasteiger partial charge in [-0.3, -0.25) is 4.79 Å². The smallest absolute Gasteiger partial charge is 0.326 e.